The molecule has 0 aliphatic heterocycles. The van der Waals surface area contributed by atoms with Gasteiger partial charge in [0, 0.05) is 11.4 Å². The Kier molecular flexibility index (Phi) is 4.83. The average Bonchev–Trinajstić information content (AvgIpc) is 2.59. The van der Waals surface area contributed by atoms with Crippen molar-refractivity contribution in [1.82, 2.24) is 15.1 Å². The molecule has 1 saturated carbocycles. The van der Waals surface area contributed by atoms with Gasteiger partial charge in [-0.05, 0) is 24.8 Å². The Morgan fingerprint density at radius 3 is 2.60 bits per heavy atom. The summed E-state index contributed by atoms with van der Waals surface area (Å²) < 4.78 is 0.899. The summed E-state index contributed by atoms with van der Waals surface area (Å²) in [4.78, 5) is 36.2. The van der Waals surface area contributed by atoms with E-state index in [-0.39, 0.29) is 35.0 Å². The molecule has 0 spiro atoms. The third kappa shape index (κ3) is 3.55. The van der Waals surface area contributed by atoms with Gasteiger partial charge >= 0.3 is 0 Å². The maximum absolute atomic E-state index is 12.5. The van der Waals surface area contributed by atoms with E-state index in [9.17, 15) is 19.5 Å². The van der Waals surface area contributed by atoms with E-state index in [0.29, 0.717) is 5.92 Å². The number of aromatic nitrogens is 2. The van der Waals surface area contributed by atoms with Crippen molar-refractivity contribution in [3.05, 3.63) is 40.3 Å². The van der Waals surface area contributed by atoms with Crippen LogP contribution in [0.25, 0.3) is 10.8 Å². The fourth-order valence-electron chi connectivity index (χ4n) is 3.41. The number of nitrogens with zero attached hydrogens (tertiary/aromatic N) is 2. The van der Waals surface area contributed by atoms with Gasteiger partial charge in [-0.3, -0.25) is 9.59 Å². The first-order valence-electron chi connectivity index (χ1n) is 8.48. The Bertz CT molecular complexity index is 874. The van der Waals surface area contributed by atoms with E-state index < -0.39 is 11.5 Å². The maximum atomic E-state index is 12.5. The van der Waals surface area contributed by atoms with Gasteiger partial charge in [-0.2, -0.15) is 5.10 Å². The predicted octanol–water partition coefficient (Wildman–Crippen LogP) is 0.455. The highest BCUT2D eigenvalue weighted by Gasteiger charge is 2.23. The van der Waals surface area contributed by atoms with Gasteiger partial charge in [0.1, 0.15) is 12.2 Å². The molecular weight excluding hydrogens is 322 g/mol. The Morgan fingerprint density at radius 1 is 1.24 bits per heavy atom. The zero-order valence-electron chi connectivity index (χ0n) is 14.0. The first kappa shape index (κ1) is 17.1. The summed E-state index contributed by atoms with van der Waals surface area (Å²) >= 11 is 0. The van der Waals surface area contributed by atoms with Crippen LogP contribution < -0.4 is 16.0 Å². The Morgan fingerprint density at radius 2 is 1.92 bits per heavy atom. The van der Waals surface area contributed by atoms with Crippen molar-refractivity contribution in [1.29, 1.82) is 0 Å². The van der Waals surface area contributed by atoms with E-state index in [1.807, 2.05) is 0 Å². The summed E-state index contributed by atoms with van der Waals surface area (Å²) in [5, 5.41) is 18.5. The molecule has 0 unspecified atom stereocenters. The van der Waals surface area contributed by atoms with Crippen LogP contribution in [0.3, 0.4) is 0 Å². The lowest BCUT2D eigenvalue weighted by Crippen LogP contribution is -2.44. The van der Waals surface area contributed by atoms with Gasteiger partial charge < -0.3 is 15.2 Å². The molecule has 1 fully saturated rings. The predicted molar refractivity (Wildman–Crippen MR) is 89.9 cm³/mol. The zero-order chi connectivity index (χ0) is 18.0. The number of carboxylic acid groups (broad SMARTS) is 1. The lowest BCUT2D eigenvalue weighted by molar-refractivity contribution is -0.255. The highest BCUT2D eigenvalue weighted by molar-refractivity contribution is 6.00. The van der Waals surface area contributed by atoms with Crippen molar-refractivity contribution < 1.29 is 14.7 Å². The number of aromatic carboxylic acids is 1. The van der Waals surface area contributed by atoms with Crippen LogP contribution in [0, 0.1) is 5.92 Å². The van der Waals surface area contributed by atoms with Crippen LogP contribution in [0.5, 0.6) is 0 Å². The van der Waals surface area contributed by atoms with E-state index in [0.717, 1.165) is 30.4 Å². The van der Waals surface area contributed by atoms with Crippen LogP contribution in [-0.2, 0) is 11.3 Å². The highest BCUT2D eigenvalue weighted by atomic mass is 16.4. The average molecular weight is 342 g/mol. The van der Waals surface area contributed by atoms with Gasteiger partial charge in [-0.1, -0.05) is 38.0 Å². The molecule has 0 bridgehead atoms. The van der Waals surface area contributed by atoms with Gasteiger partial charge in [-0.15, -0.1) is 0 Å². The summed E-state index contributed by atoms with van der Waals surface area (Å²) in [6.45, 7) is 1.78. The molecule has 1 N–H and O–H groups in total. The molecule has 1 heterocycles. The smallest absolute Gasteiger partial charge is 0.275 e. The largest absolute Gasteiger partial charge is 0.543 e. The number of fused-ring (bicyclic) bond motifs is 1. The normalized spacial score (nSPS) is 20.4. The van der Waals surface area contributed by atoms with Crippen LogP contribution >= 0.6 is 0 Å². The van der Waals surface area contributed by atoms with Crippen molar-refractivity contribution in [2.45, 2.75) is 45.2 Å². The number of amides is 1. The number of carbonyl (C=O) groups is 2. The molecule has 7 heteroatoms. The lowest BCUT2D eigenvalue weighted by atomic mass is 9.86. The summed E-state index contributed by atoms with van der Waals surface area (Å²) in [5.41, 5.74) is -0.832. The number of rotatable bonds is 4. The lowest BCUT2D eigenvalue weighted by Gasteiger charge is -2.29. The minimum absolute atomic E-state index is 0.0815. The summed E-state index contributed by atoms with van der Waals surface area (Å²) in [5.74, 6) is -1.43. The molecule has 1 aromatic heterocycles. The second-order valence-electron chi connectivity index (χ2n) is 6.58. The molecule has 0 saturated heterocycles. The Hall–Kier alpha value is -2.70. The second kappa shape index (κ2) is 7.04. The summed E-state index contributed by atoms with van der Waals surface area (Å²) in [6, 6.07) is 6.36. The molecule has 0 radical (unpaired) electrons. The van der Waals surface area contributed by atoms with Gasteiger partial charge in [-0.25, -0.2) is 4.68 Å². The van der Waals surface area contributed by atoms with Crippen molar-refractivity contribution in [3.8, 4) is 0 Å². The second-order valence-corrected chi connectivity index (χ2v) is 6.58. The van der Waals surface area contributed by atoms with E-state index >= 15 is 0 Å². The van der Waals surface area contributed by atoms with Crippen LogP contribution in [0.1, 0.15) is 43.1 Å². The van der Waals surface area contributed by atoms with Crippen molar-refractivity contribution in [2.24, 2.45) is 5.92 Å². The molecule has 2 aromatic rings. The third-order valence-corrected chi connectivity index (χ3v) is 4.81. The molecular formula is C18H20N3O4-. The van der Waals surface area contributed by atoms with Gasteiger partial charge in [0.15, 0.2) is 0 Å². The summed E-state index contributed by atoms with van der Waals surface area (Å²) in [6.07, 6.45) is 4.21. The summed E-state index contributed by atoms with van der Waals surface area (Å²) in [7, 11) is 0. The molecule has 1 aromatic carbocycles. The first-order chi connectivity index (χ1) is 12.0. The first-order valence-corrected chi connectivity index (χ1v) is 8.48. The molecule has 1 amide bonds. The number of carbonyl (C=O) groups excluding carboxylic acids is 2. The number of carboxylic acids is 1. The topological polar surface area (TPSA) is 104 Å². The fourth-order valence-corrected chi connectivity index (χ4v) is 3.41. The minimum Gasteiger partial charge on any atom is -0.543 e. The van der Waals surface area contributed by atoms with E-state index in [1.54, 1.807) is 12.1 Å². The number of nitrogens with one attached hydrogen (secondary N) is 1. The number of benzene rings is 1. The highest BCUT2D eigenvalue weighted by Crippen LogP contribution is 2.23. The van der Waals surface area contributed by atoms with Crippen LogP contribution in [0.15, 0.2) is 29.1 Å². The maximum Gasteiger partial charge on any atom is 0.275 e. The van der Waals surface area contributed by atoms with Gasteiger partial charge in [0.25, 0.3) is 5.56 Å². The molecule has 1 aliphatic rings. The SMILES string of the molecule is C[C@@H]1CCCC[C@H]1NC(=O)Cn1nc(C(=O)[O-])c2ccccc2c1=O. The van der Waals surface area contributed by atoms with E-state index in [1.165, 1.54) is 12.1 Å². The van der Waals surface area contributed by atoms with Crippen molar-refractivity contribution in [3.63, 3.8) is 0 Å². The molecule has 132 valence electrons. The Labute approximate surface area is 144 Å². The molecule has 1 aliphatic carbocycles. The quantitative estimate of drug-likeness (QED) is 0.869. The van der Waals surface area contributed by atoms with Crippen LogP contribution in [-0.4, -0.2) is 27.7 Å². The molecule has 25 heavy (non-hydrogen) atoms. The van der Waals surface area contributed by atoms with Gasteiger partial charge in [0.2, 0.25) is 5.91 Å². The zero-order valence-corrected chi connectivity index (χ0v) is 14.0. The van der Waals surface area contributed by atoms with Crippen molar-refractivity contribution >= 4 is 22.6 Å². The number of hydrogen-bond donors (Lipinski definition) is 1. The monoisotopic (exact) mass is 342 g/mol. The molecule has 2 atom stereocenters. The molecule has 3 rings (SSSR count). The third-order valence-electron chi connectivity index (χ3n) is 4.81. The van der Waals surface area contributed by atoms with Crippen LogP contribution in [0.4, 0.5) is 0 Å². The van der Waals surface area contributed by atoms with Crippen LogP contribution in [0.2, 0.25) is 0 Å². The Balaban J connectivity index is 1.88. The van der Waals surface area contributed by atoms with E-state index in [4.69, 9.17) is 0 Å². The minimum atomic E-state index is -1.48. The fraction of sp³-hybridized carbons (Fsp3) is 0.444. The number of hydrogen-bond acceptors (Lipinski definition) is 5. The van der Waals surface area contributed by atoms with E-state index in [2.05, 4.69) is 17.3 Å². The van der Waals surface area contributed by atoms with Gasteiger partial charge in [0.05, 0.1) is 11.4 Å². The standard InChI is InChI=1S/C18H21N3O4/c1-11-6-2-5-9-14(11)19-15(22)10-21-17(23)13-8-4-3-7-12(13)16(20-21)18(24)25/h3-4,7-8,11,14H,2,5-6,9-10H2,1H3,(H,19,22)(H,24,25)/p-1/t11-,14-/m1/s1. The van der Waals surface area contributed by atoms with Crippen molar-refractivity contribution in [2.75, 3.05) is 0 Å². The molecule has 7 nitrogen and oxygen atoms in total.